The van der Waals surface area contributed by atoms with Gasteiger partial charge in [-0.15, -0.1) is 5.10 Å². The quantitative estimate of drug-likeness (QED) is 0.754. The first-order chi connectivity index (χ1) is 7.72. The summed E-state index contributed by atoms with van der Waals surface area (Å²) in [6, 6.07) is -0.0448. The van der Waals surface area contributed by atoms with Crippen LogP contribution in [0.4, 0.5) is 5.82 Å². The molecule has 2 N–H and O–H groups in total. The highest BCUT2D eigenvalue weighted by atomic mass is 16.3. The average Bonchev–Trinajstić information content (AvgIpc) is 2.73. The van der Waals surface area contributed by atoms with Crippen molar-refractivity contribution in [1.29, 1.82) is 0 Å². The van der Waals surface area contributed by atoms with Gasteiger partial charge < -0.3 is 10.4 Å². The number of aromatic nitrogens is 5. The van der Waals surface area contributed by atoms with Crippen LogP contribution in [0.15, 0.2) is 12.4 Å². The van der Waals surface area contributed by atoms with Crippen molar-refractivity contribution >= 4 is 11.5 Å². The molecule has 0 fully saturated rings. The molecule has 0 aliphatic heterocycles. The summed E-state index contributed by atoms with van der Waals surface area (Å²) in [6.07, 6.45) is 3.21. The van der Waals surface area contributed by atoms with E-state index in [1.807, 2.05) is 13.8 Å². The number of nitrogens with one attached hydrogen (secondary N) is 1. The molecule has 7 nitrogen and oxygen atoms in total. The Kier molecular flexibility index (Phi) is 2.95. The molecule has 2 aromatic heterocycles. The fraction of sp³-hybridized carbons (Fsp3) is 0.556. The van der Waals surface area contributed by atoms with Crippen molar-refractivity contribution < 1.29 is 5.11 Å². The lowest BCUT2D eigenvalue weighted by atomic mass is 10.1. The number of hydrogen-bond acceptors (Lipinski definition) is 6. The largest absolute Gasteiger partial charge is 0.394 e. The highest BCUT2D eigenvalue weighted by Gasteiger charge is 2.14. The fourth-order valence-corrected chi connectivity index (χ4v) is 1.39. The van der Waals surface area contributed by atoms with Crippen molar-refractivity contribution in [3.63, 3.8) is 0 Å². The maximum Gasteiger partial charge on any atom is 0.199 e. The summed E-state index contributed by atoms with van der Waals surface area (Å²) in [5.41, 5.74) is 0.574. The Balaban J connectivity index is 2.29. The van der Waals surface area contributed by atoms with Gasteiger partial charge in [-0.25, -0.2) is 0 Å². The molecular weight excluding hydrogens is 208 g/mol. The van der Waals surface area contributed by atoms with Crippen LogP contribution in [0.5, 0.6) is 0 Å². The standard InChI is InChI=1S/C9H14N6O/c1-6(2)7(5-16)11-8-3-10-4-9-12-13-14-15(8)9/h3-4,6-7,11,16H,5H2,1-2H3/t7-/m1/s1. The van der Waals surface area contributed by atoms with Crippen molar-refractivity contribution in [1.82, 2.24) is 25.0 Å². The zero-order chi connectivity index (χ0) is 11.5. The molecule has 2 heterocycles. The van der Waals surface area contributed by atoms with Gasteiger partial charge in [0.2, 0.25) is 0 Å². The SMILES string of the molecule is CC(C)[C@@H](CO)Nc1cncc2nnnn12. The van der Waals surface area contributed by atoms with Crippen LogP contribution in [0.1, 0.15) is 13.8 Å². The third-order valence-corrected chi connectivity index (χ3v) is 2.44. The molecule has 0 bridgehead atoms. The number of fused-ring (bicyclic) bond motifs is 1. The van der Waals surface area contributed by atoms with Gasteiger partial charge in [0.15, 0.2) is 11.5 Å². The van der Waals surface area contributed by atoms with Crippen LogP contribution in [0.25, 0.3) is 5.65 Å². The Bertz CT molecular complexity index is 468. The van der Waals surface area contributed by atoms with Gasteiger partial charge in [-0.05, 0) is 16.3 Å². The number of aliphatic hydroxyl groups excluding tert-OH is 1. The number of aliphatic hydroxyl groups is 1. The summed E-state index contributed by atoms with van der Waals surface area (Å²) in [7, 11) is 0. The van der Waals surface area contributed by atoms with E-state index in [1.165, 1.54) is 0 Å². The minimum atomic E-state index is -0.0448. The number of rotatable bonds is 4. The van der Waals surface area contributed by atoms with Crippen molar-refractivity contribution in [3.8, 4) is 0 Å². The Morgan fingerprint density at radius 2 is 2.25 bits per heavy atom. The molecule has 0 aromatic carbocycles. The molecule has 0 aliphatic rings. The van der Waals surface area contributed by atoms with E-state index in [0.717, 1.165) is 0 Å². The van der Waals surface area contributed by atoms with Crippen LogP contribution in [-0.4, -0.2) is 42.8 Å². The number of tetrazole rings is 1. The fourth-order valence-electron chi connectivity index (χ4n) is 1.39. The molecule has 0 spiro atoms. The van der Waals surface area contributed by atoms with Gasteiger partial charge in [-0.2, -0.15) is 4.52 Å². The average molecular weight is 222 g/mol. The van der Waals surface area contributed by atoms with Gasteiger partial charge in [0.1, 0.15) is 0 Å². The number of anilines is 1. The number of nitrogens with zero attached hydrogens (tertiary/aromatic N) is 5. The first-order valence-corrected chi connectivity index (χ1v) is 5.12. The monoisotopic (exact) mass is 222 g/mol. The second-order valence-electron chi connectivity index (χ2n) is 3.92. The maximum absolute atomic E-state index is 9.24. The van der Waals surface area contributed by atoms with Crippen molar-refractivity contribution in [2.45, 2.75) is 19.9 Å². The predicted octanol–water partition coefficient (Wildman–Crippen LogP) is -0.0519. The molecular formula is C9H14N6O. The topological polar surface area (TPSA) is 88.2 Å². The molecule has 1 atom stereocenters. The molecule has 0 aliphatic carbocycles. The van der Waals surface area contributed by atoms with E-state index >= 15 is 0 Å². The lowest BCUT2D eigenvalue weighted by molar-refractivity contribution is 0.249. The molecule has 2 rings (SSSR count). The van der Waals surface area contributed by atoms with Crippen molar-refractivity contribution in [3.05, 3.63) is 12.4 Å². The van der Waals surface area contributed by atoms with Gasteiger partial charge in [0, 0.05) is 0 Å². The molecule has 0 saturated carbocycles. The van der Waals surface area contributed by atoms with Crippen LogP contribution < -0.4 is 5.32 Å². The number of hydrogen-bond donors (Lipinski definition) is 2. The molecule has 0 saturated heterocycles. The summed E-state index contributed by atoms with van der Waals surface area (Å²) in [5.74, 6) is 0.979. The van der Waals surface area contributed by atoms with E-state index in [4.69, 9.17) is 0 Å². The second-order valence-corrected chi connectivity index (χ2v) is 3.92. The Morgan fingerprint density at radius 1 is 1.44 bits per heavy atom. The summed E-state index contributed by atoms with van der Waals surface area (Å²) in [6.45, 7) is 4.11. The third-order valence-electron chi connectivity index (χ3n) is 2.44. The van der Waals surface area contributed by atoms with E-state index in [1.54, 1.807) is 16.9 Å². The van der Waals surface area contributed by atoms with Crippen LogP contribution in [0, 0.1) is 5.92 Å². The summed E-state index contributed by atoms with van der Waals surface area (Å²) < 4.78 is 1.55. The van der Waals surface area contributed by atoms with E-state index in [0.29, 0.717) is 17.4 Å². The van der Waals surface area contributed by atoms with Gasteiger partial charge in [0.05, 0.1) is 25.0 Å². The Labute approximate surface area is 92.5 Å². The summed E-state index contributed by atoms with van der Waals surface area (Å²) in [4.78, 5) is 4.02. The van der Waals surface area contributed by atoms with E-state index in [9.17, 15) is 5.11 Å². The molecule has 0 radical (unpaired) electrons. The molecule has 0 unspecified atom stereocenters. The van der Waals surface area contributed by atoms with E-state index in [2.05, 4.69) is 25.8 Å². The first kappa shape index (κ1) is 10.7. The Morgan fingerprint density at radius 3 is 2.94 bits per heavy atom. The third kappa shape index (κ3) is 1.94. The zero-order valence-corrected chi connectivity index (χ0v) is 9.20. The maximum atomic E-state index is 9.24. The smallest absolute Gasteiger partial charge is 0.199 e. The van der Waals surface area contributed by atoms with Crippen LogP contribution in [-0.2, 0) is 0 Å². The summed E-state index contributed by atoms with van der Waals surface area (Å²) in [5, 5.41) is 23.6. The molecule has 2 aromatic rings. The Hall–Kier alpha value is -1.76. The van der Waals surface area contributed by atoms with Gasteiger partial charge in [0.25, 0.3) is 0 Å². The van der Waals surface area contributed by atoms with Crippen LogP contribution >= 0.6 is 0 Å². The van der Waals surface area contributed by atoms with Crippen molar-refractivity contribution in [2.24, 2.45) is 5.92 Å². The van der Waals surface area contributed by atoms with E-state index < -0.39 is 0 Å². The molecule has 86 valence electrons. The van der Waals surface area contributed by atoms with Crippen LogP contribution in [0.2, 0.25) is 0 Å². The van der Waals surface area contributed by atoms with Gasteiger partial charge >= 0.3 is 0 Å². The van der Waals surface area contributed by atoms with Gasteiger partial charge in [-0.3, -0.25) is 4.98 Å². The van der Waals surface area contributed by atoms with Crippen LogP contribution in [0.3, 0.4) is 0 Å². The molecule has 0 amide bonds. The highest BCUT2D eigenvalue weighted by molar-refractivity contribution is 5.44. The van der Waals surface area contributed by atoms with Crippen molar-refractivity contribution in [2.75, 3.05) is 11.9 Å². The predicted molar refractivity (Wildman–Crippen MR) is 57.9 cm³/mol. The minimum Gasteiger partial charge on any atom is -0.394 e. The lowest BCUT2D eigenvalue weighted by Crippen LogP contribution is -2.30. The lowest BCUT2D eigenvalue weighted by Gasteiger charge is -2.20. The highest BCUT2D eigenvalue weighted by Crippen LogP contribution is 2.11. The second kappa shape index (κ2) is 4.40. The molecule has 7 heteroatoms. The zero-order valence-electron chi connectivity index (χ0n) is 9.20. The first-order valence-electron chi connectivity index (χ1n) is 5.12. The summed E-state index contributed by atoms with van der Waals surface area (Å²) >= 11 is 0. The minimum absolute atomic E-state index is 0.0448. The van der Waals surface area contributed by atoms with E-state index in [-0.39, 0.29) is 12.6 Å². The van der Waals surface area contributed by atoms with Gasteiger partial charge in [-0.1, -0.05) is 13.8 Å². The molecule has 16 heavy (non-hydrogen) atoms. The normalized spacial score (nSPS) is 13.2.